The normalized spacial score (nSPS) is 12.5. The number of benzene rings is 1. The Kier molecular flexibility index (Phi) is 8.36. The minimum atomic E-state index is -0.515. The maximum atomic E-state index is 10.6. The summed E-state index contributed by atoms with van der Waals surface area (Å²) in [4.78, 5) is 14.0. The molecular weight excluding hydrogens is 367 g/mol. The van der Waals surface area contributed by atoms with Gasteiger partial charge in [0.2, 0.25) is 0 Å². The maximum absolute atomic E-state index is 10.6. The largest absolute Gasteiger partial charge is 0.574 e. The first-order valence-electron chi connectivity index (χ1n) is 7.46. The molecule has 2 rings (SSSR count). The summed E-state index contributed by atoms with van der Waals surface area (Å²) in [5.41, 5.74) is 4.78. The summed E-state index contributed by atoms with van der Waals surface area (Å²) >= 11 is 0. The van der Waals surface area contributed by atoms with E-state index in [1.165, 1.54) is 12.1 Å². The number of azo groups is 1. The molecular formula is C16H17N6NiO2-. The predicted molar refractivity (Wildman–Crippen MR) is 91.8 cm³/mol. The Morgan fingerprint density at radius 2 is 2.00 bits per heavy atom. The average Bonchev–Trinajstić information content (AvgIpc) is 2.62. The third kappa shape index (κ3) is 6.39. The summed E-state index contributed by atoms with van der Waals surface area (Å²) in [5.74, 6) is 0.817. The summed E-state index contributed by atoms with van der Waals surface area (Å²) in [6.07, 6.45) is 1.97. The van der Waals surface area contributed by atoms with Crippen LogP contribution in [0.4, 0.5) is 17.2 Å². The smallest absolute Gasteiger partial charge is 0.287 e. The first-order valence-corrected chi connectivity index (χ1v) is 7.46. The van der Waals surface area contributed by atoms with Crippen molar-refractivity contribution in [2.75, 3.05) is 0 Å². The molecule has 0 bridgehead atoms. The third-order valence-corrected chi connectivity index (χ3v) is 3.28. The molecule has 1 aromatic carbocycles. The molecule has 1 unspecified atom stereocenters. The standard InChI is InChI=1S/C16H17N6O2.Ni/c1-3-12(2)16(20-18-13-7-5-4-6-8-13)21-19-15-10-9-14(11-17-15)22(23)24;/h4-12H,3H2,1-2H3;/q-1;/b20-16-,21-19?;. The number of hydrogen-bond acceptors (Lipinski definition) is 5. The van der Waals surface area contributed by atoms with Crippen molar-refractivity contribution in [2.45, 2.75) is 20.3 Å². The van der Waals surface area contributed by atoms with Crippen molar-refractivity contribution in [1.82, 2.24) is 4.98 Å². The van der Waals surface area contributed by atoms with Crippen molar-refractivity contribution >= 4 is 23.0 Å². The molecule has 1 heterocycles. The van der Waals surface area contributed by atoms with E-state index in [2.05, 4.69) is 25.7 Å². The summed E-state index contributed by atoms with van der Waals surface area (Å²) in [6.45, 7) is 3.99. The number of rotatable bonds is 6. The zero-order valence-electron chi connectivity index (χ0n) is 13.7. The van der Waals surface area contributed by atoms with Gasteiger partial charge in [0.15, 0.2) is 5.82 Å². The Hall–Kier alpha value is -2.67. The first kappa shape index (κ1) is 20.4. The van der Waals surface area contributed by atoms with Gasteiger partial charge < -0.3 is 10.5 Å². The van der Waals surface area contributed by atoms with Crippen molar-refractivity contribution in [2.24, 2.45) is 21.2 Å². The summed E-state index contributed by atoms with van der Waals surface area (Å²) in [7, 11) is 0. The summed E-state index contributed by atoms with van der Waals surface area (Å²) in [5, 5.41) is 22.9. The fourth-order valence-corrected chi connectivity index (χ4v) is 1.65. The van der Waals surface area contributed by atoms with Crippen LogP contribution in [-0.4, -0.2) is 15.7 Å². The maximum Gasteiger partial charge on any atom is 0.287 e. The number of aromatic nitrogens is 1. The Balaban J connectivity index is 0.00000312. The van der Waals surface area contributed by atoms with Crippen LogP contribution in [0, 0.1) is 16.0 Å². The van der Waals surface area contributed by atoms with Gasteiger partial charge in [-0.3, -0.25) is 10.1 Å². The number of nitrogens with zero attached hydrogens (tertiary/aromatic N) is 6. The van der Waals surface area contributed by atoms with E-state index < -0.39 is 4.92 Å². The number of nitro groups is 1. The van der Waals surface area contributed by atoms with Crippen molar-refractivity contribution in [3.8, 4) is 0 Å². The zero-order valence-corrected chi connectivity index (χ0v) is 14.7. The van der Waals surface area contributed by atoms with Crippen molar-refractivity contribution in [3.63, 3.8) is 0 Å². The molecule has 2 aromatic rings. The topological polar surface area (TPSA) is 107 Å². The second-order valence-corrected chi connectivity index (χ2v) is 5.03. The quantitative estimate of drug-likeness (QED) is 0.172. The van der Waals surface area contributed by atoms with Gasteiger partial charge >= 0.3 is 0 Å². The Morgan fingerprint density at radius 1 is 1.28 bits per heavy atom. The molecule has 0 spiro atoms. The zero-order chi connectivity index (χ0) is 17.4. The van der Waals surface area contributed by atoms with E-state index in [1.807, 2.05) is 44.2 Å². The van der Waals surface area contributed by atoms with E-state index in [9.17, 15) is 10.1 Å². The van der Waals surface area contributed by atoms with Crippen LogP contribution in [0.1, 0.15) is 20.3 Å². The number of amidine groups is 1. The molecule has 0 saturated carbocycles. The van der Waals surface area contributed by atoms with Crippen molar-refractivity contribution < 1.29 is 21.4 Å². The molecule has 1 atom stereocenters. The summed E-state index contributed by atoms with van der Waals surface area (Å²) in [6, 6.07) is 12.1. The molecule has 25 heavy (non-hydrogen) atoms. The third-order valence-electron chi connectivity index (χ3n) is 3.28. The second kappa shape index (κ2) is 10.3. The van der Waals surface area contributed by atoms with Crippen LogP contribution in [-0.2, 0) is 16.5 Å². The van der Waals surface area contributed by atoms with Crippen LogP contribution >= 0.6 is 0 Å². The average molecular weight is 384 g/mol. The Labute approximate surface area is 155 Å². The van der Waals surface area contributed by atoms with E-state index in [0.29, 0.717) is 5.84 Å². The minimum Gasteiger partial charge on any atom is -0.574 e. The SMILES string of the molecule is CCC(C)/C(N=Nc1ccc([N+](=O)[O-])cn1)=N/[N-]c1ccccc1.[Ni]. The Bertz CT molecular complexity index is 734. The Morgan fingerprint density at radius 3 is 2.56 bits per heavy atom. The van der Waals surface area contributed by atoms with Crippen LogP contribution in [0.2, 0.25) is 0 Å². The fourth-order valence-electron chi connectivity index (χ4n) is 1.65. The molecule has 0 aliphatic carbocycles. The molecule has 0 fully saturated rings. The van der Waals surface area contributed by atoms with Gasteiger partial charge in [0, 0.05) is 28.5 Å². The fraction of sp³-hybridized carbons (Fsp3) is 0.250. The van der Waals surface area contributed by atoms with Gasteiger partial charge in [-0.1, -0.05) is 44.2 Å². The molecule has 0 saturated heterocycles. The van der Waals surface area contributed by atoms with E-state index in [1.54, 1.807) is 0 Å². The van der Waals surface area contributed by atoms with E-state index in [0.717, 1.165) is 18.3 Å². The van der Waals surface area contributed by atoms with E-state index >= 15 is 0 Å². The van der Waals surface area contributed by atoms with Crippen LogP contribution in [0.25, 0.3) is 5.43 Å². The van der Waals surface area contributed by atoms with Gasteiger partial charge in [-0.15, -0.1) is 15.9 Å². The van der Waals surface area contributed by atoms with E-state index in [4.69, 9.17) is 0 Å². The van der Waals surface area contributed by atoms with Crippen LogP contribution < -0.4 is 0 Å². The molecule has 0 aliphatic rings. The molecule has 134 valence electrons. The molecule has 8 nitrogen and oxygen atoms in total. The molecule has 0 amide bonds. The second-order valence-electron chi connectivity index (χ2n) is 5.03. The van der Waals surface area contributed by atoms with Gasteiger partial charge in [0.1, 0.15) is 12.0 Å². The van der Waals surface area contributed by atoms with Gasteiger partial charge in [0.25, 0.3) is 5.69 Å². The van der Waals surface area contributed by atoms with E-state index in [-0.39, 0.29) is 33.9 Å². The van der Waals surface area contributed by atoms with Gasteiger partial charge in [0.05, 0.1) is 4.92 Å². The van der Waals surface area contributed by atoms with Crippen LogP contribution in [0.15, 0.2) is 64.0 Å². The number of pyridine rings is 1. The monoisotopic (exact) mass is 383 g/mol. The van der Waals surface area contributed by atoms with Gasteiger partial charge in [-0.25, -0.2) is 4.98 Å². The van der Waals surface area contributed by atoms with Crippen LogP contribution in [0.5, 0.6) is 0 Å². The summed E-state index contributed by atoms with van der Waals surface area (Å²) < 4.78 is 0. The molecule has 0 radical (unpaired) electrons. The predicted octanol–water partition coefficient (Wildman–Crippen LogP) is 5.14. The molecule has 0 aliphatic heterocycles. The van der Waals surface area contributed by atoms with Gasteiger partial charge in [-0.2, -0.15) is 0 Å². The number of hydrogen-bond donors (Lipinski definition) is 0. The first-order chi connectivity index (χ1) is 11.6. The minimum absolute atomic E-state index is 0. The van der Waals surface area contributed by atoms with Crippen LogP contribution in [0.3, 0.4) is 0 Å². The van der Waals surface area contributed by atoms with Crippen molar-refractivity contribution in [3.05, 3.63) is 64.2 Å². The molecule has 1 aromatic heterocycles. The molecule has 9 heteroatoms. The van der Waals surface area contributed by atoms with Crippen molar-refractivity contribution in [1.29, 1.82) is 0 Å². The van der Waals surface area contributed by atoms with Gasteiger partial charge in [-0.05, 0) is 12.5 Å². The molecule has 0 N–H and O–H groups in total.